The van der Waals surface area contributed by atoms with Crippen LogP contribution in [0.25, 0.3) is 0 Å². The molecule has 1 N–H and O–H groups in total. The Kier molecular flexibility index (Phi) is 5.17. The number of hydrogen-bond acceptors (Lipinski definition) is 1. The Morgan fingerprint density at radius 3 is 2.25 bits per heavy atom. The first-order valence-electron chi connectivity index (χ1n) is 6.75. The van der Waals surface area contributed by atoms with Crippen LogP contribution in [0.2, 0.25) is 0 Å². The van der Waals surface area contributed by atoms with E-state index in [1.165, 1.54) is 5.56 Å². The molecule has 20 heavy (non-hydrogen) atoms. The zero-order valence-electron chi connectivity index (χ0n) is 11.7. The van der Waals surface area contributed by atoms with Gasteiger partial charge in [0.1, 0.15) is 0 Å². The summed E-state index contributed by atoms with van der Waals surface area (Å²) in [6, 6.07) is 16.0. The Morgan fingerprint density at radius 1 is 1.10 bits per heavy atom. The molecule has 0 aliphatic rings. The van der Waals surface area contributed by atoms with Gasteiger partial charge in [-0.15, -0.1) is 0 Å². The Labute approximate surface area is 133 Å². The number of hydrogen-bond donors (Lipinski definition) is 1. The van der Waals surface area contributed by atoms with Gasteiger partial charge in [0.25, 0.3) is 5.91 Å². The van der Waals surface area contributed by atoms with Gasteiger partial charge in [0.05, 0.1) is 6.04 Å². The molecule has 0 bridgehead atoms. The number of carbonyl (C=O) groups is 1. The minimum absolute atomic E-state index is 0.00711. The number of nitrogens with one attached hydrogen (secondary N) is 1. The van der Waals surface area contributed by atoms with E-state index in [1.54, 1.807) is 0 Å². The van der Waals surface area contributed by atoms with Crippen molar-refractivity contribution in [2.24, 2.45) is 0 Å². The van der Waals surface area contributed by atoms with E-state index in [9.17, 15) is 4.79 Å². The molecule has 0 saturated heterocycles. The predicted molar refractivity (Wildman–Crippen MR) is 90.9 cm³/mol. The maximum absolute atomic E-state index is 12.1. The molecular formula is C17H18INO. The first kappa shape index (κ1) is 15.0. The summed E-state index contributed by atoms with van der Waals surface area (Å²) < 4.78 is 1.13. The molecular weight excluding hydrogens is 361 g/mol. The molecule has 0 spiro atoms. The minimum Gasteiger partial charge on any atom is -0.346 e. The molecule has 0 radical (unpaired) electrons. The van der Waals surface area contributed by atoms with Crippen LogP contribution in [0.1, 0.15) is 41.4 Å². The lowest BCUT2D eigenvalue weighted by Gasteiger charge is -2.15. The van der Waals surface area contributed by atoms with Crippen LogP contribution in [0, 0.1) is 3.57 Å². The van der Waals surface area contributed by atoms with Crippen molar-refractivity contribution in [1.29, 1.82) is 0 Å². The average molecular weight is 379 g/mol. The van der Waals surface area contributed by atoms with Crippen molar-refractivity contribution >= 4 is 28.5 Å². The summed E-state index contributed by atoms with van der Waals surface area (Å²) in [6.45, 7) is 4.14. The second kappa shape index (κ2) is 6.88. The molecule has 104 valence electrons. The molecule has 2 aromatic rings. The standard InChI is InChI=1S/C17H18INO/c1-3-13-4-6-14(7-5-13)12(2)19-17(20)15-8-10-16(18)11-9-15/h4-12H,3H2,1-2H3,(H,19,20)/t12-/m0/s1. The minimum atomic E-state index is -0.0338. The third kappa shape index (κ3) is 3.82. The van der Waals surface area contributed by atoms with Gasteiger partial charge in [0.15, 0.2) is 0 Å². The molecule has 2 aromatic carbocycles. The molecule has 3 heteroatoms. The van der Waals surface area contributed by atoms with Crippen molar-refractivity contribution in [3.63, 3.8) is 0 Å². The Balaban J connectivity index is 2.04. The average Bonchev–Trinajstić information content (AvgIpc) is 2.48. The van der Waals surface area contributed by atoms with E-state index in [2.05, 4.69) is 59.1 Å². The quantitative estimate of drug-likeness (QED) is 0.787. The van der Waals surface area contributed by atoms with Gasteiger partial charge in [0, 0.05) is 9.13 Å². The summed E-state index contributed by atoms with van der Waals surface area (Å²) >= 11 is 2.23. The Bertz CT molecular complexity index is 575. The molecule has 1 amide bonds. The van der Waals surface area contributed by atoms with Gasteiger partial charge in [-0.1, -0.05) is 31.2 Å². The van der Waals surface area contributed by atoms with Gasteiger partial charge in [-0.3, -0.25) is 4.79 Å². The number of rotatable bonds is 4. The second-order valence-electron chi connectivity index (χ2n) is 4.80. The maximum atomic E-state index is 12.1. The topological polar surface area (TPSA) is 29.1 Å². The predicted octanol–water partition coefficient (Wildman–Crippen LogP) is 4.34. The van der Waals surface area contributed by atoms with Crippen molar-refractivity contribution in [3.05, 3.63) is 68.8 Å². The monoisotopic (exact) mass is 379 g/mol. The van der Waals surface area contributed by atoms with Crippen molar-refractivity contribution in [1.82, 2.24) is 5.32 Å². The van der Waals surface area contributed by atoms with Crippen LogP contribution in [0.15, 0.2) is 48.5 Å². The van der Waals surface area contributed by atoms with Crippen molar-refractivity contribution < 1.29 is 4.79 Å². The fraction of sp³-hybridized carbons (Fsp3) is 0.235. The number of carbonyl (C=O) groups excluding carboxylic acids is 1. The van der Waals surface area contributed by atoms with E-state index in [-0.39, 0.29) is 11.9 Å². The zero-order chi connectivity index (χ0) is 14.5. The van der Waals surface area contributed by atoms with Gasteiger partial charge in [-0.25, -0.2) is 0 Å². The van der Waals surface area contributed by atoms with Crippen molar-refractivity contribution in [2.45, 2.75) is 26.3 Å². The highest BCUT2D eigenvalue weighted by molar-refractivity contribution is 14.1. The highest BCUT2D eigenvalue weighted by atomic mass is 127. The molecule has 2 rings (SSSR count). The van der Waals surface area contributed by atoms with Crippen molar-refractivity contribution in [2.75, 3.05) is 0 Å². The molecule has 0 heterocycles. The van der Waals surface area contributed by atoms with E-state index >= 15 is 0 Å². The van der Waals surface area contributed by atoms with E-state index in [0.717, 1.165) is 15.6 Å². The molecule has 0 saturated carbocycles. The van der Waals surface area contributed by atoms with Crippen LogP contribution < -0.4 is 5.32 Å². The van der Waals surface area contributed by atoms with E-state index in [4.69, 9.17) is 0 Å². The highest BCUT2D eigenvalue weighted by Crippen LogP contribution is 2.15. The Morgan fingerprint density at radius 2 is 1.70 bits per heavy atom. The Hall–Kier alpha value is -1.36. The largest absolute Gasteiger partial charge is 0.346 e. The SMILES string of the molecule is CCc1ccc([C@H](C)NC(=O)c2ccc(I)cc2)cc1. The maximum Gasteiger partial charge on any atom is 0.251 e. The lowest BCUT2D eigenvalue weighted by Crippen LogP contribution is -2.26. The number of aryl methyl sites for hydroxylation is 1. The fourth-order valence-corrected chi connectivity index (χ4v) is 2.37. The third-order valence-corrected chi connectivity index (χ3v) is 4.06. The van der Waals surface area contributed by atoms with Gasteiger partial charge in [-0.2, -0.15) is 0 Å². The summed E-state index contributed by atoms with van der Waals surface area (Å²) in [4.78, 5) is 12.1. The summed E-state index contributed by atoms with van der Waals surface area (Å²) in [5.74, 6) is -0.0338. The summed E-state index contributed by atoms with van der Waals surface area (Å²) in [7, 11) is 0. The van der Waals surface area contributed by atoms with Crippen LogP contribution in [0.3, 0.4) is 0 Å². The third-order valence-electron chi connectivity index (χ3n) is 3.34. The summed E-state index contributed by atoms with van der Waals surface area (Å²) in [5.41, 5.74) is 3.13. The first-order valence-corrected chi connectivity index (χ1v) is 7.83. The van der Waals surface area contributed by atoms with E-state index in [0.29, 0.717) is 5.56 Å². The lowest BCUT2D eigenvalue weighted by molar-refractivity contribution is 0.0940. The van der Waals surface area contributed by atoms with Gasteiger partial charge in [0.2, 0.25) is 0 Å². The van der Waals surface area contributed by atoms with Gasteiger partial charge >= 0.3 is 0 Å². The smallest absolute Gasteiger partial charge is 0.251 e. The van der Waals surface area contributed by atoms with Gasteiger partial charge in [-0.05, 0) is 71.3 Å². The van der Waals surface area contributed by atoms with Crippen LogP contribution in [0.4, 0.5) is 0 Å². The molecule has 2 nitrogen and oxygen atoms in total. The van der Waals surface area contributed by atoms with Crippen LogP contribution >= 0.6 is 22.6 Å². The van der Waals surface area contributed by atoms with Crippen molar-refractivity contribution in [3.8, 4) is 0 Å². The van der Waals surface area contributed by atoms with Crippen LogP contribution in [-0.4, -0.2) is 5.91 Å². The molecule has 0 aromatic heterocycles. The molecule has 0 fully saturated rings. The molecule has 0 aliphatic heterocycles. The van der Waals surface area contributed by atoms with E-state index < -0.39 is 0 Å². The number of benzene rings is 2. The number of halogens is 1. The van der Waals surface area contributed by atoms with E-state index in [1.807, 2.05) is 31.2 Å². The van der Waals surface area contributed by atoms with Crippen LogP contribution in [-0.2, 0) is 6.42 Å². The molecule has 0 unspecified atom stereocenters. The first-order chi connectivity index (χ1) is 9.60. The summed E-state index contributed by atoms with van der Waals surface area (Å²) in [6.07, 6.45) is 1.03. The molecule has 0 aliphatic carbocycles. The lowest BCUT2D eigenvalue weighted by atomic mass is 10.0. The normalized spacial score (nSPS) is 11.9. The fourth-order valence-electron chi connectivity index (χ4n) is 2.01. The van der Waals surface area contributed by atoms with Gasteiger partial charge < -0.3 is 5.32 Å². The number of amides is 1. The molecule has 1 atom stereocenters. The highest BCUT2D eigenvalue weighted by Gasteiger charge is 2.11. The second-order valence-corrected chi connectivity index (χ2v) is 6.04. The summed E-state index contributed by atoms with van der Waals surface area (Å²) in [5, 5.41) is 3.03. The zero-order valence-corrected chi connectivity index (χ0v) is 13.8. The van der Waals surface area contributed by atoms with Crippen LogP contribution in [0.5, 0.6) is 0 Å².